The van der Waals surface area contributed by atoms with Gasteiger partial charge in [0.2, 0.25) is 0 Å². The van der Waals surface area contributed by atoms with Crippen molar-refractivity contribution < 1.29 is 19.4 Å². The molecular formula is C8H7F5S. The second kappa shape index (κ2) is 2.50. The predicted molar refractivity (Wildman–Crippen MR) is 48.6 cm³/mol. The van der Waals surface area contributed by atoms with Gasteiger partial charge in [-0.05, 0) is 11.6 Å². The highest BCUT2D eigenvalue weighted by molar-refractivity contribution is 8.48. The molecule has 0 aliphatic heterocycles. The van der Waals surface area contributed by atoms with E-state index in [1.54, 1.807) is 6.07 Å². The molecule has 1 aromatic carbocycles. The standard InChI is InChI=1S/C8H7F5S/c9-14(10,11,12,13)7-6-8-4-2-1-3-5-8/h1-7H/b7-6-. The second-order valence-corrected chi connectivity index (χ2v) is 5.07. The summed E-state index contributed by atoms with van der Waals surface area (Å²) in [6.07, 6.45) is 0.363. The summed E-state index contributed by atoms with van der Waals surface area (Å²) in [7, 11) is -9.41. The molecule has 0 spiro atoms. The van der Waals surface area contributed by atoms with Gasteiger partial charge in [0.1, 0.15) is 0 Å². The normalized spacial score (nSPS) is 17.8. The van der Waals surface area contributed by atoms with E-state index in [0.29, 0.717) is 6.08 Å². The van der Waals surface area contributed by atoms with Crippen LogP contribution in [0.4, 0.5) is 19.4 Å². The van der Waals surface area contributed by atoms with Crippen LogP contribution in [0.25, 0.3) is 6.08 Å². The summed E-state index contributed by atoms with van der Waals surface area (Å²) in [5.74, 6) is 0. The Labute approximate surface area is 77.8 Å². The van der Waals surface area contributed by atoms with E-state index in [1.165, 1.54) is 24.3 Å². The third-order valence-electron chi connectivity index (χ3n) is 1.32. The highest BCUT2D eigenvalue weighted by atomic mass is 32.5. The fraction of sp³-hybridized carbons (Fsp3) is 0. The first-order valence-electron chi connectivity index (χ1n) is 3.54. The molecule has 0 fully saturated rings. The minimum atomic E-state index is -9.41. The van der Waals surface area contributed by atoms with Crippen LogP contribution in [0.5, 0.6) is 0 Å². The molecule has 0 radical (unpaired) electrons. The van der Waals surface area contributed by atoms with Gasteiger partial charge in [0.25, 0.3) is 0 Å². The summed E-state index contributed by atoms with van der Waals surface area (Å²) in [6.45, 7) is 0. The SMILES string of the molecule is FS(F)(F)(F)(F)/C=C\c1ccccc1. The molecule has 1 aromatic rings. The smallest absolute Gasteiger partial charge is 0.0942 e. The van der Waals surface area contributed by atoms with E-state index < -0.39 is 15.6 Å². The van der Waals surface area contributed by atoms with Gasteiger partial charge in [0.15, 0.2) is 0 Å². The summed E-state index contributed by atoms with van der Waals surface area (Å²) in [6, 6.07) is 7.12. The van der Waals surface area contributed by atoms with Crippen molar-refractivity contribution in [3.8, 4) is 0 Å². The van der Waals surface area contributed by atoms with Gasteiger partial charge in [-0.2, -0.15) is 0 Å². The lowest BCUT2D eigenvalue weighted by Gasteiger charge is -2.36. The zero-order valence-electron chi connectivity index (χ0n) is 6.84. The molecule has 0 aliphatic carbocycles. The van der Waals surface area contributed by atoms with E-state index in [1.807, 2.05) is 0 Å². The Balaban J connectivity index is 2.97. The van der Waals surface area contributed by atoms with Crippen molar-refractivity contribution in [1.82, 2.24) is 0 Å². The molecule has 0 heterocycles. The van der Waals surface area contributed by atoms with Crippen LogP contribution in [0, 0.1) is 0 Å². The molecule has 0 aliphatic rings. The fourth-order valence-corrected chi connectivity index (χ4v) is 1.19. The first-order valence-corrected chi connectivity index (χ1v) is 5.55. The lowest BCUT2D eigenvalue weighted by atomic mass is 10.2. The molecule has 0 saturated heterocycles. The fourth-order valence-electron chi connectivity index (χ4n) is 0.771. The van der Waals surface area contributed by atoms with Crippen molar-refractivity contribution in [2.75, 3.05) is 0 Å². The van der Waals surface area contributed by atoms with Crippen molar-refractivity contribution in [2.45, 2.75) is 0 Å². The minimum Gasteiger partial charge on any atom is -0.0942 e. The lowest BCUT2D eigenvalue weighted by Crippen LogP contribution is -1.98. The van der Waals surface area contributed by atoms with Crippen molar-refractivity contribution in [1.29, 1.82) is 0 Å². The van der Waals surface area contributed by atoms with Crippen LogP contribution in [-0.2, 0) is 0 Å². The van der Waals surface area contributed by atoms with Gasteiger partial charge in [-0.1, -0.05) is 49.8 Å². The number of benzene rings is 1. The Morgan fingerprint density at radius 2 is 1.36 bits per heavy atom. The van der Waals surface area contributed by atoms with Crippen LogP contribution in [0.2, 0.25) is 0 Å². The molecule has 0 unspecified atom stereocenters. The summed E-state index contributed by atoms with van der Waals surface area (Å²) in [5, 5.41) is -0.949. The Morgan fingerprint density at radius 1 is 0.857 bits per heavy atom. The molecule has 0 N–H and O–H groups in total. The van der Waals surface area contributed by atoms with E-state index >= 15 is 0 Å². The lowest BCUT2D eigenvalue weighted by molar-refractivity contribution is 0.385. The molecule has 0 aromatic heterocycles. The van der Waals surface area contributed by atoms with Gasteiger partial charge in [0.05, 0.1) is 5.41 Å². The van der Waals surface area contributed by atoms with E-state index in [2.05, 4.69) is 0 Å². The molecule has 14 heavy (non-hydrogen) atoms. The molecule has 80 valence electrons. The third-order valence-corrected chi connectivity index (χ3v) is 1.97. The maximum absolute atomic E-state index is 11.8. The quantitative estimate of drug-likeness (QED) is 0.630. The maximum Gasteiger partial charge on any atom is 0.304 e. The average molecular weight is 230 g/mol. The largest absolute Gasteiger partial charge is 0.304 e. The Bertz CT molecular complexity index is 349. The van der Waals surface area contributed by atoms with Crippen LogP contribution < -0.4 is 0 Å². The zero-order chi connectivity index (χ0) is 10.9. The van der Waals surface area contributed by atoms with Crippen LogP contribution >= 0.6 is 10.2 Å². The highest BCUT2D eigenvalue weighted by Gasteiger charge is 2.60. The predicted octanol–water partition coefficient (Wildman–Crippen LogP) is 4.96. The van der Waals surface area contributed by atoms with Gasteiger partial charge < -0.3 is 0 Å². The first-order chi connectivity index (χ1) is 6.05. The topological polar surface area (TPSA) is 0 Å². The number of hydrogen-bond acceptors (Lipinski definition) is 0. The molecule has 0 atom stereocenters. The Morgan fingerprint density at radius 3 is 1.79 bits per heavy atom. The molecule has 0 nitrogen and oxygen atoms in total. The monoisotopic (exact) mass is 230 g/mol. The van der Waals surface area contributed by atoms with Crippen LogP contribution in [0.15, 0.2) is 35.7 Å². The number of halogens is 5. The van der Waals surface area contributed by atoms with Crippen molar-refractivity contribution >= 4 is 16.3 Å². The zero-order valence-corrected chi connectivity index (χ0v) is 7.66. The number of rotatable bonds is 2. The molecule has 0 bridgehead atoms. The van der Waals surface area contributed by atoms with Gasteiger partial charge >= 0.3 is 10.2 Å². The van der Waals surface area contributed by atoms with Crippen LogP contribution in [-0.4, -0.2) is 0 Å². The summed E-state index contributed by atoms with van der Waals surface area (Å²) < 4.78 is 59.1. The summed E-state index contributed by atoms with van der Waals surface area (Å²) in [5.41, 5.74) is 0.0840. The molecule has 1 rings (SSSR count). The maximum atomic E-state index is 11.8. The van der Waals surface area contributed by atoms with Gasteiger partial charge in [-0.15, -0.1) is 0 Å². The second-order valence-electron chi connectivity index (χ2n) is 2.74. The van der Waals surface area contributed by atoms with Crippen LogP contribution in [0.1, 0.15) is 5.56 Å². The van der Waals surface area contributed by atoms with Crippen molar-refractivity contribution in [3.63, 3.8) is 0 Å². The third kappa shape index (κ3) is 4.86. The average Bonchev–Trinajstić information content (AvgIpc) is 2.00. The van der Waals surface area contributed by atoms with E-state index in [-0.39, 0.29) is 5.56 Å². The Kier molecular flexibility index (Phi) is 1.97. The summed E-state index contributed by atoms with van der Waals surface area (Å²) in [4.78, 5) is 0. The minimum absolute atomic E-state index is 0.0840. The van der Waals surface area contributed by atoms with E-state index in [4.69, 9.17) is 0 Å². The van der Waals surface area contributed by atoms with E-state index in [0.717, 1.165) is 0 Å². The van der Waals surface area contributed by atoms with Crippen molar-refractivity contribution in [3.05, 3.63) is 41.3 Å². The van der Waals surface area contributed by atoms with Crippen molar-refractivity contribution in [2.24, 2.45) is 0 Å². The highest BCUT2D eigenvalue weighted by Crippen LogP contribution is 2.99. The van der Waals surface area contributed by atoms with Gasteiger partial charge in [0, 0.05) is 0 Å². The molecular weight excluding hydrogens is 223 g/mol. The van der Waals surface area contributed by atoms with Crippen LogP contribution in [0.3, 0.4) is 0 Å². The van der Waals surface area contributed by atoms with E-state index in [9.17, 15) is 19.4 Å². The molecule has 6 heteroatoms. The summed E-state index contributed by atoms with van der Waals surface area (Å²) >= 11 is 0. The Hall–Kier alpha value is -1.04. The van der Waals surface area contributed by atoms with Gasteiger partial charge in [-0.3, -0.25) is 0 Å². The van der Waals surface area contributed by atoms with Gasteiger partial charge in [-0.25, -0.2) is 0 Å². The molecule has 0 saturated carbocycles. The molecule has 0 amide bonds. The number of hydrogen-bond donors (Lipinski definition) is 0. The first kappa shape index (κ1) is 11.0.